The molecule has 0 aromatic heterocycles. The highest BCUT2D eigenvalue weighted by molar-refractivity contribution is 5.28. The van der Waals surface area contributed by atoms with Gasteiger partial charge in [0.05, 0.1) is 0 Å². The van der Waals surface area contributed by atoms with Crippen molar-refractivity contribution >= 4 is 0 Å². The van der Waals surface area contributed by atoms with Gasteiger partial charge in [0.25, 0.3) is 0 Å². The number of rotatable bonds is 2. The summed E-state index contributed by atoms with van der Waals surface area (Å²) in [5.74, 6) is 1.82. The number of likely N-dealkylation sites (tertiary alicyclic amines) is 1. The highest BCUT2D eigenvalue weighted by Gasteiger charge is 2.40. The number of hydrogen-bond acceptors (Lipinski definition) is 3. The van der Waals surface area contributed by atoms with Crippen molar-refractivity contribution in [3.05, 3.63) is 29.8 Å². The van der Waals surface area contributed by atoms with E-state index in [1.54, 1.807) is 12.1 Å². The van der Waals surface area contributed by atoms with Gasteiger partial charge in [0.15, 0.2) is 0 Å². The Kier molecular flexibility index (Phi) is 3.50. The second kappa shape index (κ2) is 5.14. The van der Waals surface area contributed by atoms with Gasteiger partial charge >= 0.3 is 0 Å². The van der Waals surface area contributed by atoms with Gasteiger partial charge in [-0.3, -0.25) is 4.90 Å². The van der Waals surface area contributed by atoms with Crippen molar-refractivity contribution < 1.29 is 5.11 Å². The van der Waals surface area contributed by atoms with E-state index in [-0.39, 0.29) is 0 Å². The average Bonchev–Trinajstić information content (AvgIpc) is 2.84. The second-order valence-corrected chi connectivity index (χ2v) is 6.24. The molecule has 1 saturated carbocycles. The van der Waals surface area contributed by atoms with Gasteiger partial charge in [-0.15, -0.1) is 0 Å². The number of nitrogens with two attached hydrogens (primary N) is 1. The Morgan fingerprint density at radius 1 is 1.21 bits per heavy atom. The van der Waals surface area contributed by atoms with E-state index in [0.717, 1.165) is 12.5 Å². The number of phenols is 1. The lowest BCUT2D eigenvalue weighted by molar-refractivity contribution is 0.245. The second-order valence-electron chi connectivity index (χ2n) is 6.24. The lowest BCUT2D eigenvalue weighted by Gasteiger charge is -2.30. The zero-order chi connectivity index (χ0) is 13.4. The first-order chi connectivity index (χ1) is 9.15. The molecule has 19 heavy (non-hydrogen) atoms. The van der Waals surface area contributed by atoms with E-state index in [2.05, 4.69) is 11.8 Å². The molecule has 3 rings (SSSR count). The topological polar surface area (TPSA) is 49.5 Å². The molecule has 4 atom stereocenters. The Morgan fingerprint density at radius 3 is 2.63 bits per heavy atom. The van der Waals surface area contributed by atoms with Gasteiger partial charge in [0, 0.05) is 25.2 Å². The number of aromatic hydroxyl groups is 1. The van der Waals surface area contributed by atoms with Crippen LogP contribution in [0.3, 0.4) is 0 Å². The van der Waals surface area contributed by atoms with Crippen LogP contribution >= 0.6 is 0 Å². The fourth-order valence-electron chi connectivity index (χ4n) is 3.83. The van der Waals surface area contributed by atoms with Gasteiger partial charge in [-0.1, -0.05) is 18.6 Å². The molecule has 3 heteroatoms. The maximum absolute atomic E-state index is 9.38. The Labute approximate surface area is 115 Å². The van der Waals surface area contributed by atoms with Crippen LogP contribution < -0.4 is 5.73 Å². The minimum atomic E-state index is 0.341. The largest absolute Gasteiger partial charge is 0.508 e. The Hall–Kier alpha value is -1.06. The van der Waals surface area contributed by atoms with Crippen molar-refractivity contribution in [2.75, 3.05) is 13.1 Å². The van der Waals surface area contributed by atoms with Crippen LogP contribution in [-0.4, -0.2) is 29.1 Å². The maximum atomic E-state index is 9.38. The molecule has 0 radical (unpaired) electrons. The summed E-state index contributed by atoms with van der Waals surface area (Å²) in [5.41, 5.74) is 7.56. The summed E-state index contributed by atoms with van der Waals surface area (Å²) in [6, 6.07) is 8.43. The average molecular weight is 260 g/mol. The molecule has 0 bridgehead atoms. The van der Waals surface area contributed by atoms with Crippen LogP contribution in [0.5, 0.6) is 5.75 Å². The van der Waals surface area contributed by atoms with E-state index >= 15 is 0 Å². The molecule has 1 aromatic carbocycles. The van der Waals surface area contributed by atoms with E-state index in [1.165, 1.54) is 31.4 Å². The number of hydrogen-bond donors (Lipinski definition) is 2. The molecule has 3 N–H and O–H groups in total. The van der Waals surface area contributed by atoms with Crippen molar-refractivity contribution in [2.24, 2.45) is 17.6 Å². The summed E-state index contributed by atoms with van der Waals surface area (Å²) in [7, 11) is 0. The molecule has 3 nitrogen and oxygen atoms in total. The smallest absolute Gasteiger partial charge is 0.115 e. The standard InChI is InChI=1S/C16H24N2O/c1-11(12-5-7-14(19)8-6-12)18-9-13-3-2-4-16(17)15(13)10-18/h5-8,11,13,15-16,19H,2-4,9-10,17H2,1H3. The summed E-state index contributed by atoms with van der Waals surface area (Å²) in [5, 5.41) is 9.38. The third-order valence-corrected chi connectivity index (χ3v) is 5.11. The predicted octanol–water partition coefficient (Wildman–Crippen LogP) is 2.51. The maximum Gasteiger partial charge on any atom is 0.115 e. The van der Waals surface area contributed by atoms with Crippen LogP contribution in [0.25, 0.3) is 0 Å². The molecule has 2 fully saturated rings. The summed E-state index contributed by atoms with van der Waals surface area (Å²) in [6.45, 7) is 4.57. The van der Waals surface area contributed by atoms with Gasteiger partial charge < -0.3 is 10.8 Å². The molecule has 1 heterocycles. The van der Waals surface area contributed by atoms with Gasteiger partial charge in [-0.05, 0) is 49.3 Å². The minimum absolute atomic E-state index is 0.341. The van der Waals surface area contributed by atoms with E-state index in [9.17, 15) is 5.11 Å². The quantitative estimate of drug-likeness (QED) is 0.859. The molecule has 0 spiro atoms. The molecule has 1 saturated heterocycles. The highest BCUT2D eigenvalue weighted by Crippen LogP contribution is 2.39. The molecule has 2 aliphatic rings. The van der Waals surface area contributed by atoms with Crippen molar-refractivity contribution in [1.29, 1.82) is 0 Å². The zero-order valence-corrected chi connectivity index (χ0v) is 11.6. The van der Waals surface area contributed by atoms with E-state index in [0.29, 0.717) is 23.8 Å². The van der Waals surface area contributed by atoms with Crippen LogP contribution in [0.4, 0.5) is 0 Å². The summed E-state index contributed by atoms with van der Waals surface area (Å²) >= 11 is 0. The lowest BCUT2D eigenvalue weighted by atomic mass is 9.78. The Morgan fingerprint density at radius 2 is 1.95 bits per heavy atom. The molecular formula is C16H24N2O. The van der Waals surface area contributed by atoms with Crippen LogP contribution in [0.1, 0.15) is 37.8 Å². The van der Waals surface area contributed by atoms with Crippen LogP contribution in [0.2, 0.25) is 0 Å². The lowest BCUT2D eigenvalue weighted by Crippen LogP contribution is -2.38. The van der Waals surface area contributed by atoms with Gasteiger partial charge in [0.2, 0.25) is 0 Å². The summed E-state index contributed by atoms with van der Waals surface area (Å²) in [4.78, 5) is 2.56. The first-order valence-corrected chi connectivity index (χ1v) is 7.43. The number of benzene rings is 1. The fraction of sp³-hybridized carbons (Fsp3) is 0.625. The minimum Gasteiger partial charge on any atom is -0.508 e. The molecule has 4 unspecified atom stereocenters. The molecule has 1 aliphatic heterocycles. The zero-order valence-electron chi connectivity index (χ0n) is 11.6. The number of phenolic OH excluding ortho intramolecular Hbond substituents is 1. The monoisotopic (exact) mass is 260 g/mol. The first kappa shape index (κ1) is 12.9. The summed E-state index contributed by atoms with van der Waals surface area (Å²) < 4.78 is 0. The third-order valence-electron chi connectivity index (χ3n) is 5.11. The Balaban J connectivity index is 1.71. The number of fused-ring (bicyclic) bond motifs is 1. The van der Waals surface area contributed by atoms with Crippen molar-refractivity contribution in [3.63, 3.8) is 0 Å². The van der Waals surface area contributed by atoms with Crippen LogP contribution in [0.15, 0.2) is 24.3 Å². The fourth-order valence-corrected chi connectivity index (χ4v) is 3.83. The number of nitrogens with zero attached hydrogens (tertiary/aromatic N) is 1. The SMILES string of the molecule is CC(c1ccc(O)cc1)N1CC2CCCC(N)C2C1. The van der Waals surface area contributed by atoms with Crippen molar-refractivity contribution in [2.45, 2.75) is 38.3 Å². The van der Waals surface area contributed by atoms with Gasteiger partial charge in [0.1, 0.15) is 5.75 Å². The van der Waals surface area contributed by atoms with Crippen molar-refractivity contribution in [3.8, 4) is 5.75 Å². The van der Waals surface area contributed by atoms with Crippen molar-refractivity contribution in [1.82, 2.24) is 4.90 Å². The third kappa shape index (κ3) is 2.49. The highest BCUT2D eigenvalue weighted by atomic mass is 16.3. The van der Waals surface area contributed by atoms with E-state index in [1.807, 2.05) is 12.1 Å². The first-order valence-electron chi connectivity index (χ1n) is 7.43. The molecule has 104 valence electrons. The van der Waals surface area contributed by atoms with E-state index in [4.69, 9.17) is 5.73 Å². The predicted molar refractivity (Wildman–Crippen MR) is 76.9 cm³/mol. The van der Waals surface area contributed by atoms with Gasteiger partial charge in [-0.25, -0.2) is 0 Å². The van der Waals surface area contributed by atoms with E-state index < -0.39 is 0 Å². The Bertz CT molecular complexity index is 431. The van der Waals surface area contributed by atoms with Gasteiger partial charge in [-0.2, -0.15) is 0 Å². The van der Waals surface area contributed by atoms with Crippen LogP contribution in [0, 0.1) is 11.8 Å². The molecule has 0 amide bonds. The normalized spacial score (nSPS) is 33.1. The molecular weight excluding hydrogens is 236 g/mol. The van der Waals surface area contributed by atoms with Crippen LogP contribution in [-0.2, 0) is 0 Å². The summed E-state index contributed by atoms with van der Waals surface area (Å²) in [6.07, 6.45) is 3.84. The molecule has 1 aliphatic carbocycles. The molecule has 1 aromatic rings.